The van der Waals surface area contributed by atoms with Crippen molar-refractivity contribution in [2.45, 2.75) is 39.8 Å². The molecule has 0 saturated carbocycles. The van der Waals surface area contributed by atoms with Gasteiger partial charge in [-0.25, -0.2) is 9.78 Å². The second-order valence-electron chi connectivity index (χ2n) is 4.50. The molecule has 0 spiro atoms. The standard InChI is InChI=1S/C13H18N4O2S/c1-4-12-16-11(7-20-12)9(3)15-13(18)14-6-10-5-8(2)19-17-10/h5,7,9H,4,6H2,1-3H3,(H2,14,15,18). The molecule has 0 aliphatic heterocycles. The number of nitrogens with zero attached hydrogens (tertiary/aromatic N) is 2. The van der Waals surface area contributed by atoms with E-state index in [1.165, 1.54) is 0 Å². The lowest BCUT2D eigenvalue weighted by Crippen LogP contribution is -2.36. The molecule has 2 N–H and O–H groups in total. The molecule has 2 heterocycles. The van der Waals surface area contributed by atoms with Crippen molar-refractivity contribution in [2.75, 3.05) is 0 Å². The van der Waals surface area contributed by atoms with Gasteiger partial charge in [0, 0.05) is 11.4 Å². The molecule has 20 heavy (non-hydrogen) atoms. The highest BCUT2D eigenvalue weighted by Crippen LogP contribution is 2.16. The van der Waals surface area contributed by atoms with Gasteiger partial charge >= 0.3 is 6.03 Å². The average molecular weight is 294 g/mol. The number of urea groups is 1. The van der Waals surface area contributed by atoms with Gasteiger partial charge in [0.1, 0.15) is 11.5 Å². The highest BCUT2D eigenvalue weighted by Gasteiger charge is 2.12. The highest BCUT2D eigenvalue weighted by atomic mass is 32.1. The van der Waals surface area contributed by atoms with Crippen molar-refractivity contribution < 1.29 is 9.32 Å². The van der Waals surface area contributed by atoms with Crippen molar-refractivity contribution in [3.05, 3.63) is 33.6 Å². The van der Waals surface area contributed by atoms with Gasteiger partial charge in [0.15, 0.2) is 0 Å². The van der Waals surface area contributed by atoms with Crippen LogP contribution in [-0.2, 0) is 13.0 Å². The first-order valence-electron chi connectivity index (χ1n) is 6.49. The Kier molecular flexibility index (Phi) is 4.73. The van der Waals surface area contributed by atoms with Crippen LogP contribution in [0.2, 0.25) is 0 Å². The van der Waals surface area contributed by atoms with Crippen LogP contribution in [-0.4, -0.2) is 16.2 Å². The molecule has 2 aromatic heterocycles. The number of aromatic nitrogens is 2. The molecule has 2 aromatic rings. The van der Waals surface area contributed by atoms with Gasteiger partial charge in [-0.3, -0.25) is 0 Å². The Labute approximate surface area is 121 Å². The molecule has 1 atom stereocenters. The molecule has 1 unspecified atom stereocenters. The summed E-state index contributed by atoms with van der Waals surface area (Å²) >= 11 is 1.61. The Hall–Kier alpha value is -1.89. The predicted octanol–water partition coefficient (Wildman–Crippen LogP) is 2.56. The molecule has 0 aliphatic rings. The fourth-order valence-electron chi connectivity index (χ4n) is 1.68. The molecular weight excluding hydrogens is 276 g/mol. The summed E-state index contributed by atoms with van der Waals surface area (Å²) in [4.78, 5) is 16.2. The second-order valence-corrected chi connectivity index (χ2v) is 5.44. The fraction of sp³-hybridized carbons (Fsp3) is 0.462. The van der Waals surface area contributed by atoms with Gasteiger partial charge in [-0.2, -0.15) is 0 Å². The Morgan fingerprint density at radius 2 is 2.35 bits per heavy atom. The normalized spacial score (nSPS) is 12.2. The number of aryl methyl sites for hydroxylation is 2. The molecule has 0 radical (unpaired) electrons. The van der Waals surface area contributed by atoms with Gasteiger partial charge in [0.05, 0.1) is 23.3 Å². The lowest BCUT2D eigenvalue weighted by molar-refractivity contribution is 0.237. The molecule has 0 fully saturated rings. The zero-order chi connectivity index (χ0) is 14.5. The smallest absolute Gasteiger partial charge is 0.315 e. The Bertz CT molecular complexity index is 578. The molecule has 7 heteroatoms. The SMILES string of the molecule is CCc1nc(C(C)NC(=O)NCc2cc(C)on2)cs1. The quantitative estimate of drug-likeness (QED) is 0.888. The number of thiazole rings is 1. The second kappa shape index (κ2) is 6.51. The molecule has 2 rings (SSSR count). The molecule has 0 saturated heterocycles. The molecule has 0 aliphatic carbocycles. The lowest BCUT2D eigenvalue weighted by atomic mass is 10.2. The number of hydrogen-bond acceptors (Lipinski definition) is 5. The Morgan fingerprint density at radius 3 is 2.95 bits per heavy atom. The van der Waals surface area contributed by atoms with E-state index in [-0.39, 0.29) is 12.1 Å². The number of rotatable bonds is 5. The van der Waals surface area contributed by atoms with Crippen LogP contribution in [0.5, 0.6) is 0 Å². The Morgan fingerprint density at radius 1 is 1.55 bits per heavy atom. The minimum Gasteiger partial charge on any atom is -0.361 e. The van der Waals surface area contributed by atoms with E-state index >= 15 is 0 Å². The predicted molar refractivity (Wildman–Crippen MR) is 76.5 cm³/mol. The highest BCUT2D eigenvalue weighted by molar-refractivity contribution is 7.09. The molecule has 6 nitrogen and oxygen atoms in total. The van der Waals surface area contributed by atoms with Crippen molar-refractivity contribution in [2.24, 2.45) is 0 Å². The summed E-state index contributed by atoms with van der Waals surface area (Å²) in [7, 11) is 0. The lowest BCUT2D eigenvalue weighted by Gasteiger charge is -2.12. The van der Waals surface area contributed by atoms with E-state index in [4.69, 9.17) is 4.52 Å². The minimum absolute atomic E-state index is 0.120. The zero-order valence-corrected chi connectivity index (χ0v) is 12.6. The van der Waals surface area contributed by atoms with Crippen LogP contribution in [0, 0.1) is 6.92 Å². The van der Waals surface area contributed by atoms with E-state index in [0.717, 1.165) is 22.9 Å². The fourth-order valence-corrected chi connectivity index (χ4v) is 2.52. The van der Waals surface area contributed by atoms with Gasteiger partial charge in [0.2, 0.25) is 0 Å². The molecule has 0 bridgehead atoms. The first-order chi connectivity index (χ1) is 9.58. The molecule has 0 aromatic carbocycles. The summed E-state index contributed by atoms with van der Waals surface area (Å²) in [5, 5.41) is 12.4. The van der Waals surface area contributed by atoms with Crippen LogP contribution in [0.15, 0.2) is 16.0 Å². The van der Waals surface area contributed by atoms with Gasteiger partial charge in [-0.05, 0) is 20.3 Å². The number of amides is 2. The van der Waals surface area contributed by atoms with Crippen LogP contribution < -0.4 is 10.6 Å². The molecule has 108 valence electrons. The first-order valence-corrected chi connectivity index (χ1v) is 7.37. The summed E-state index contributed by atoms with van der Waals surface area (Å²) < 4.78 is 4.93. The van der Waals surface area contributed by atoms with Crippen LogP contribution in [0.1, 0.15) is 42.0 Å². The largest absolute Gasteiger partial charge is 0.361 e. The van der Waals surface area contributed by atoms with Crippen LogP contribution in [0.3, 0.4) is 0 Å². The van der Waals surface area contributed by atoms with Crippen LogP contribution >= 0.6 is 11.3 Å². The van der Waals surface area contributed by atoms with E-state index in [1.54, 1.807) is 17.4 Å². The number of carbonyl (C=O) groups excluding carboxylic acids is 1. The van der Waals surface area contributed by atoms with E-state index in [2.05, 4.69) is 27.7 Å². The van der Waals surface area contributed by atoms with Crippen molar-refractivity contribution >= 4 is 17.4 Å². The maximum Gasteiger partial charge on any atom is 0.315 e. The van der Waals surface area contributed by atoms with E-state index in [1.807, 2.05) is 19.2 Å². The first kappa shape index (κ1) is 14.5. The third-order valence-corrected chi connectivity index (χ3v) is 3.78. The summed E-state index contributed by atoms with van der Waals surface area (Å²) in [6, 6.07) is 1.42. The van der Waals surface area contributed by atoms with Gasteiger partial charge in [0.25, 0.3) is 0 Å². The summed E-state index contributed by atoms with van der Waals surface area (Å²) in [6.45, 7) is 6.13. The van der Waals surface area contributed by atoms with Crippen molar-refractivity contribution in [3.63, 3.8) is 0 Å². The van der Waals surface area contributed by atoms with Gasteiger partial charge < -0.3 is 15.2 Å². The summed E-state index contributed by atoms with van der Waals surface area (Å²) in [5.41, 5.74) is 1.59. The molecular formula is C13H18N4O2S. The minimum atomic E-state index is -0.246. The maximum absolute atomic E-state index is 11.8. The monoisotopic (exact) mass is 294 g/mol. The van der Waals surface area contributed by atoms with Gasteiger partial charge in [-0.15, -0.1) is 11.3 Å². The van der Waals surface area contributed by atoms with Gasteiger partial charge in [-0.1, -0.05) is 12.1 Å². The van der Waals surface area contributed by atoms with Crippen molar-refractivity contribution in [1.29, 1.82) is 0 Å². The average Bonchev–Trinajstić information content (AvgIpc) is 3.05. The van der Waals surface area contributed by atoms with E-state index in [0.29, 0.717) is 12.2 Å². The number of carbonyl (C=O) groups is 1. The zero-order valence-electron chi connectivity index (χ0n) is 11.8. The van der Waals surface area contributed by atoms with Crippen molar-refractivity contribution in [3.8, 4) is 0 Å². The van der Waals surface area contributed by atoms with Crippen LogP contribution in [0.25, 0.3) is 0 Å². The third kappa shape index (κ3) is 3.80. The number of nitrogens with one attached hydrogen (secondary N) is 2. The van der Waals surface area contributed by atoms with Crippen LogP contribution in [0.4, 0.5) is 4.79 Å². The Balaban J connectivity index is 1.81. The van der Waals surface area contributed by atoms with Crippen molar-refractivity contribution in [1.82, 2.24) is 20.8 Å². The summed E-state index contributed by atoms with van der Waals surface area (Å²) in [6.07, 6.45) is 0.912. The van der Waals surface area contributed by atoms with E-state index < -0.39 is 0 Å². The maximum atomic E-state index is 11.8. The van der Waals surface area contributed by atoms with E-state index in [9.17, 15) is 4.79 Å². The topological polar surface area (TPSA) is 80.0 Å². The molecule has 2 amide bonds. The third-order valence-electron chi connectivity index (χ3n) is 2.77. The number of hydrogen-bond donors (Lipinski definition) is 2. The summed E-state index contributed by atoms with van der Waals surface area (Å²) in [5.74, 6) is 0.727.